The molecule has 0 spiro atoms. The first kappa shape index (κ1) is 23.1. The zero-order valence-electron chi connectivity index (χ0n) is 16.1. The Kier molecular flexibility index (Phi) is 9.70. The van der Waals surface area contributed by atoms with Crippen LogP contribution in [0.1, 0.15) is 57.5 Å². The minimum absolute atomic E-state index is 0.278. The third-order valence-electron chi connectivity index (χ3n) is 4.32. The molecule has 0 radical (unpaired) electrons. The maximum atomic E-state index is 12.0. The van der Waals surface area contributed by atoms with Crippen LogP contribution in [0.3, 0.4) is 0 Å². The molecule has 0 bridgehead atoms. The van der Waals surface area contributed by atoms with E-state index in [2.05, 4.69) is 45.2 Å². The number of halogens is 2. The Labute approximate surface area is 193 Å². The number of ether oxygens (including phenoxy) is 2. The van der Waals surface area contributed by atoms with Gasteiger partial charge in [0.2, 0.25) is 0 Å². The fourth-order valence-electron chi connectivity index (χ4n) is 2.49. The molecule has 0 aromatic heterocycles. The second-order valence-electron chi connectivity index (χ2n) is 6.61. The Bertz CT molecular complexity index is 764. The summed E-state index contributed by atoms with van der Waals surface area (Å²) in [5.41, 5.74) is 3.48. The van der Waals surface area contributed by atoms with Crippen LogP contribution in [-0.4, -0.2) is 25.2 Å². The van der Waals surface area contributed by atoms with Gasteiger partial charge in [-0.1, -0.05) is 12.1 Å². The van der Waals surface area contributed by atoms with Gasteiger partial charge in [-0.25, -0.2) is 9.59 Å². The number of rotatable bonds is 9. The van der Waals surface area contributed by atoms with E-state index in [1.807, 2.05) is 38.1 Å². The van der Waals surface area contributed by atoms with Gasteiger partial charge >= 0.3 is 11.9 Å². The standard InChI is InChI=1S/C22H24I2O4/c1-15-7-9-17(13-19(15)23)21(25)27-11-5-3-4-6-12-28-22(26)18-10-8-16(2)20(24)14-18/h7-10,13-14H,3-6,11-12H2,1-2H3. The lowest BCUT2D eigenvalue weighted by atomic mass is 10.1. The highest BCUT2D eigenvalue weighted by molar-refractivity contribution is 14.1. The highest BCUT2D eigenvalue weighted by atomic mass is 127. The molecule has 0 aliphatic carbocycles. The number of carbonyl (C=O) groups excluding carboxylic acids is 2. The molecule has 4 nitrogen and oxygen atoms in total. The average molecular weight is 606 g/mol. The summed E-state index contributed by atoms with van der Waals surface area (Å²) < 4.78 is 12.8. The van der Waals surface area contributed by atoms with Gasteiger partial charge in [-0.2, -0.15) is 0 Å². The number of carbonyl (C=O) groups is 2. The fraction of sp³-hybridized carbons (Fsp3) is 0.364. The summed E-state index contributed by atoms with van der Waals surface area (Å²) in [5.74, 6) is -0.556. The monoisotopic (exact) mass is 606 g/mol. The van der Waals surface area contributed by atoms with Crippen molar-refractivity contribution in [3.8, 4) is 0 Å². The third kappa shape index (κ3) is 7.35. The van der Waals surface area contributed by atoms with E-state index in [1.54, 1.807) is 12.1 Å². The number of hydrogen-bond acceptors (Lipinski definition) is 4. The average Bonchev–Trinajstić information content (AvgIpc) is 2.67. The third-order valence-corrected chi connectivity index (χ3v) is 6.64. The van der Waals surface area contributed by atoms with Crippen LogP contribution in [0.15, 0.2) is 36.4 Å². The molecule has 0 N–H and O–H groups in total. The van der Waals surface area contributed by atoms with Crippen LogP contribution < -0.4 is 0 Å². The van der Waals surface area contributed by atoms with E-state index in [1.165, 1.54) is 0 Å². The highest BCUT2D eigenvalue weighted by Gasteiger charge is 2.09. The van der Waals surface area contributed by atoms with Crippen LogP contribution >= 0.6 is 45.2 Å². The zero-order chi connectivity index (χ0) is 20.5. The molecule has 0 saturated carbocycles. The predicted molar refractivity (Wildman–Crippen MR) is 127 cm³/mol. The molecule has 0 heterocycles. The SMILES string of the molecule is Cc1ccc(C(=O)OCCCCCCOC(=O)c2ccc(C)c(I)c2)cc1I. The summed E-state index contributed by atoms with van der Waals surface area (Å²) in [5, 5.41) is 0. The Morgan fingerprint density at radius 2 is 1.11 bits per heavy atom. The first-order chi connectivity index (χ1) is 13.4. The lowest BCUT2D eigenvalue weighted by Crippen LogP contribution is -2.08. The quantitative estimate of drug-likeness (QED) is 0.197. The van der Waals surface area contributed by atoms with Gasteiger partial charge < -0.3 is 9.47 Å². The minimum atomic E-state index is -0.278. The molecule has 0 saturated heterocycles. The first-order valence-corrected chi connectivity index (χ1v) is 11.4. The summed E-state index contributed by atoms with van der Waals surface area (Å²) in [6.45, 7) is 4.83. The van der Waals surface area contributed by atoms with Crippen molar-refractivity contribution >= 4 is 57.1 Å². The van der Waals surface area contributed by atoms with E-state index in [0.717, 1.165) is 44.0 Å². The molecule has 0 fully saturated rings. The first-order valence-electron chi connectivity index (χ1n) is 9.25. The van der Waals surface area contributed by atoms with E-state index in [0.29, 0.717) is 24.3 Å². The van der Waals surface area contributed by atoms with Crippen molar-refractivity contribution < 1.29 is 19.1 Å². The number of benzene rings is 2. The molecule has 2 aromatic carbocycles. The van der Waals surface area contributed by atoms with Gasteiger partial charge in [-0.05, 0) is 120 Å². The van der Waals surface area contributed by atoms with Gasteiger partial charge in [0.1, 0.15) is 0 Å². The Balaban J connectivity index is 1.56. The van der Waals surface area contributed by atoms with Crippen LogP contribution in [0.2, 0.25) is 0 Å². The zero-order valence-corrected chi connectivity index (χ0v) is 20.4. The predicted octanol–water partition coefficient (Wildman–Crippen LogP) is 6.09. The molecular formula is C22H24I2O4. The van der Waals surface area contributed by atoms with Crippen molar-refractivity contribution in [3.05, 3.63) is 65.8 Å². The lowest BCUT2D eigenvalue weighted by Gasteiger charge is -2.07. The van der Waals surface area contributed by atoms with Crippen LogP contribution in [-0.2, 0) is 9.47 Å². The normalized spacial score (nSPS) is 10.6. The van der Waals surface area contributed by atoms with E-state index < -0.39 is 0 Å². The van der Waals surface area contributed by atoms with Crippen molar-refractivity contribution in [3.63, 3.8) is 0 Å². The summed E-state index contributed by atoms with van der Waals surface area (Å²) in [4.78, 5) is 24.0. The molecule has 2 rings (SSSR count). The van der Waals surface area contributed by atoms with Gasteiger partial charge in [0.15, 0.2) is 0 Å². The molecule has 0 atom stereocenters. The second-order valence-corrected chi connectivity index (χ2v) is 8.94. The number of unbranched alkanes of at least 4 members (excludes halogenated alkanes) is 3. The van der Waals surface area contributed by atoms with Gasteiger partial charge in [0, 0.05) is 7.14 Å². The Hall–Kier alpha value is -1.16. The smallest absolute Gasteiger partial charge is 0.338 e. The number of hydrogen-bond donors (Lipinski definition) is 0. The van der Waals surface area contributed by atoms with E-state index in [9.17, 15) is 9.59 Å². The second kappa shape index (κ2) is 11.7. The molecule has 6 heteroatoms. The van der Waals surface area contributed by atoms with Gasteiger partial charge in [-0.15, -0.1) is 0 Å². The minimum Gasteiger partial charge on any atom is -0.462 e. The topological polar surface area (TPSA) is 52.6 Å². The molecular weight excluding hydrogens is 582 g/mol. The van der Waals surface area contributed by atoms with Crippen molar-refractivity contribution in [1.29, 1.82) is 0 Å². The van der Waals surface area contributed by atoms with Gasteiger partial charge in [0.25, 0.3) is 0 Å². The van der Waals surface area contributed by atoms with Crippen molar-refractivity contribution in [1.82, 2.24) is 0 Å². The molecule has 2 aromatic rings. The summed E-state index contributed by atoms with van der Waals surface area (Å²) in [6.07, 6.45) is 3.47. The maximum Gasteiger partial charge on any atom is 0.338 e. The molecule has 0 unspecified atom stereocenters. The molecule has 0 aliphatic rings. The fourth-order valence-corrected chi connectivity index (χ4v) is 3.52. The molecule has 0 aliphatic heterocycles. The largest absolute Gasteiger partial charge is 0.462 e. The lowest BCUT2D eigenvalue weighted by molar-refractivity contribution is 0.0473. The summed E-state index contributed by atoms with van der Waals surface area (Å²) in [7, 11) is 0. The highest BCUT2D eigenvalue weighted by Crippen LogP contribution is 2.15. The van der Waals surface area contributed by atoms with Crippen LogP contribution in [0.4, 0.5) is 0 Å². The number of esters is 2. The van der Waals surface area contributed by atoms with Gasteiger partial charge in [0.05, 0.1) is 24.3 Å². The van der Waals surface area contributed by atoms with E-state index in [4.69, 9.17) is 9.47 Å². The Morgan fingerprint density at radius 1 is 0.714 bits per heavy atom. The van der Waals surface area contributed by atoms with Crippen LogP contribution in [0.25, 0.3) is 0 Å². The van der Waals surface area contributed by atoms with E-state index >= 15 is 0 Å². The molecule has 150 valence electrons. The van der Waals surface area contributed by atoms with Gasteiger partial charge in [-0.3, -0.25) is 0 Å². The van der Waals surface area contributed by atoms with Crippen molar-refractivity contribution in [2.45, 2.75) is 39.5 Å². The molecule has 0 amide bonds. The molecule has 28 heavy (non-hydrogen) atoms. The van der Waals surface area contributed by atoms with Crippen molar-refractivity contribution in [2.24, 2.45) is 0 Å². The number of aryl methyl sites for hydroxylation is 2. The summed E-state index contributed by atoms with van der Waals surface area (Å²) >= 11 is 4.43. The van der Waals surface area contributed by atoms with E-state index in [-0.39, 0.29) is 11.9 Å². The summed E-state index contributed by atoms with van der Waals surface area (Å²) in [6, 6.07) is 11.1. The Morgan fingerprint density at radius 3 is 1.46 bits per heavy atom. The van der Waals surface area contributed by atoms with Crippen LogP contribution in [0, 0.1) is 21.0 Å². The maximum absolute atomic E-state index is 12.0. The van der Waals surface area contributed by atoms with Crippen molar-refractivity contribution in [2.75, 3.05) is 13.2 Å². The van der Waals surface area contributed by atoms with Crippen LogP contribution in [0.5, 0.6) is 0 Å².